The van der Waals surface area contributed by atoms with Gasteiger partial charge in [0.1, 0.15) is 11.6 Å². The lowest BCUT2D eigenvalue weighted by molar-refractivity contribution is -0.123. The molecule has 1 aromatic heterocycles. The van der Waals surface area contributed by atoms with Gasteiger partial charge in [-0.05, 0) is 18.2 Å². The highest BCUT2D eigenvalue weighted by atomic mass is 79.9. The van der Waals surface area contributed by atoms with E-state index in [0.29, 0.717) is 23.7 Å². The average Bonchev–Trinajstić information content (AvgIpc) is 2.91. The van der Waals surface area contributed by atoms with Crippen molar-refractivity contribution in [1.82, 2.24) is 15.3 Å². The molecule has 0 fully saturated rings. The summed E-state index contributed by atoms with van der Waals surface area (Å²) in [6.45, 7) is 0.434. The summed E-state index contributed by atoms with van der Waals surface area (Å²) in [5, 5.41) is 3.21. The minimum Gasteiger partial charge on any atom is -0.482 e. The summed E-state index contributed by atoms with van der Waals surface area (Å²) in [4.78, 5) is 18.6. The monoisotopic (exact) mass is 357 g/mol. The fourth-order valence-corrected chi connectivity index (χ4v) is 2.27. The van der Waals surface area contributed by atoms with Gasteiger partial charge < -0.3 is 15.0 Å². The molecule has 0 saturated carbocycles. The Hall–Kier alpha value is -1.53. The average molecular weight is 359 g/mol. The third-order valence-corrected chi connectivity index (χ3v) is 3.28. The molecule has 5 nitrogen and oxygen atoms in total. The lowest BCUT2D eigenvalue weighted by Crippen LogP contribution is -2.30. The molecule has 2 N–H and O–H groups in total. The van der Waals surface area contributed by atoms with Crippen molar-refractivity contribution < 1.29 is 9.53 Å². The standard InChI is InChI=1S/C13H13BrClN3O2/c14-9-1-2-11(10(15)7-9)20-8-13(19)18-4-3-12-16-5-6-17-12/h1-2,5-7H,3-4,8H2,(H,16,17)(H,18,19). The van der Waals surface area contributed by atoms with E-state index in [1.165, 1.54) is 0 Å². The second-order valence-corrected chi connectivity index (χ2v) is 5.32. The Bertz CT molecular complexity index is 575. The Kier molecular flexibility index (Phi) is 5.43. The normalized spacial score (nSPS) is 10.3. The maximum atomic E-state index is 11.6. The number of hydrogen-bond donors (Lipinski definition) is 2. The molecule has 0 spiro atoms. The van der Waals surface area contributed by atoms with E-state index in [0.717, 1.165) is 10.3 Å². The first kappa shape index (κ1) is 14.9. The zero-order valence-corrected chi connectivity index (χ0v) is 12.9. The van der Waals surface area contributed by atoms with Crippen LogP contribution in [0, 0.1) is 0 Å². The van der Waals surface area contributed by atoms with Gasteiger partial charge in [-0.1, -0.05) is 27.5 Å². The molecule has 0 bridgehead atoms. The molecule has 1 heterocycles. The highest BCUT2D eigenvalue weighted by Crippen LogP contribution is 2.27. The number of halogens is 2. The largest absolute Gasteiger partial charge is 0.482 e. The number of nitrogens with one attached hydrogen (secondary N) is 2. The number of nitrogens with zero attached hydrogens (tertiary/aromatic N) is 1. The van der Waals surface area contributed by atoms with Gasteiger partial charge in [0.05, 0.1) is 5.02 Å². The molecule has 1 amide bonds. The maximum Gasteiger partial charge on any atom is 0.257 e. The number of rotatable bonds is 6. The first-order valence-corrected chi connectivity index (χ1v) is 7.15. The lowest BCUT2D eigenvalue weighted by Gasteiger charge is -2.08. The molecule has 2 rings (SSSR count). The lowest BCUT2D eigenvalue weighted by atomic mass is 10.3. The summed E-state index contributed by atoms with van der Waals surface area (Å²) in [6, 6.07) is 5.23. The Balaban J connectivity index is 1.72. The number of carbonyl (C=O) groups excluding carboxylic acids is 1. The molecule has 0 unspecified atom stereocenters. The van der Waals surface area contributed by atoms with Gasteiger partial charge in [-0.15, -0.1) is 0 Å². The Morgan fingerprint density at radius 1 is 1.50 bits per heavy atom. The number of hydrogen-bond acceptors (Lipinski definition) is 3. The number of benzene rings is 1. The van der Waals surface area contributed by atoms with Crippen LogP contribution in [-0.4, -0.2) is 29.0 Å². The van der Waals surface area contributed by atoms with Crippen LogP contribution in [0.4, 0.5) is 0 Å². The predicted octanol–water partition coefficient (Wildman–Crippen LogP) is 2.56. The van der Waals surface area contributed by atoms with E-state index in [1.54, 1.807) is 30.6 Å². The molecular formula is C13H13BrClN3O2. The highest BCUT2D eigenvalue weighted by Gasteiger charge is 2.06. The van der Waals surface area contributed by atoms with Crippen molar-refractivity contribution in [2.45, 2.75) is 6.42 Å². The van der Waals surface area contributed by atoms with Crippen molar-refractivity contribution >= 4 is 33.4 Å². The van der Waals surface area contributed by atoms with E-state index in [1.807, 2.05) is 0 Å². The number of carbonyl (C=O) groups is 1. The van der Waals surface area contributed by atoms with Gasteiger partial charge in [0.15, 0.2) is 6.61 Å². The summed E-state index contributed by atoms with van der Waals surface area (Å²) in [5.74, 6) is 1.12. The predicted molar refractivity (Wildman–Crippen MR) is 79.9 cm³/mol. The number of amides is 1. The molecular weight excluding hydrogens is 346 g/mol. The Labute approximate surface area is 129 Å². The number of aromatic amines is 1. The van der Waals surface area contributed by atoms with E-state index in [2.05, 4.69) is 31.2 Å². The van der Waals surface area contributed by atoms with E-state index in [4.69, 9.17) is 16.3 Å². The molecule has 0 aliphatic heterocycles. The number of H-pyrrole nitrogens is 1. The van der Waals surface area contributed by atoms with Crippen LogP contribution in [-0.2, 0) is 11.2 Å². The van der Waals surface area contributed by atoms with Gasteiger partial charge in [-0.3, -0.25) is 4.79 Å². The topological polar surface area (TPSA) is 67.0 Å². The van der Waals surface area contributed by atoms with Gasteiger partial charge >= 0.3 is 0 Å². The number of imidazole rings is 1. The molecule has 0 radical (unpaired) electrons. The SMILES string of the molecule is O=C(COc1ccc(Br)cc1Cl)NCCc1ncc[nH]1. The van der Waals surface area contributed by atoms with Crippen LogP contribution in [0.2, 0.25) is 5.02 Å². The molecule has 2 aromatic rings. The molecule has 20 heavy (non-hydrogen) atoms. The minimum atomic E-state index is -0.199. The van der Waals surface area contributed by atoms with E-state index < -0.39 is 0 Å². The fraction of sp³-hybridized carbons (Fsp3) is 0.231. The highest BCUT2D eigenvalue weighted by molar-refractivity contribution is 9.10. The third kappa shape index (κ3) is 4.54. The number of ether oxygens (including phenoxy) is 1. The van der Waals surface area contributed by atoms with Gasteiger partial charge in [-0.25, -0.2) is 4.98 Å². The van der Waals surface area contributed by atoms with Crippen LogP contribution in [0.1, 0.15) is 5.82 Å². The van der Waals surface area contributed by atoms with Crippen LogP contribution in [0.3, 0.4) is 0 Å². The Morgan fingerprint density at radius 3 is 3.05 bits per heavy atom. The molecule has 1 aromatic carbocycles. The van der Waals surface area contributed by atoms with Gasteiger partial charge in [-0.2, -0.15) is 0 Å². The van der Waals surface area contributed by atoms with Crippen molar-refractivity contribution in [3.63, 3.8) is 0 Å². The second kappa shape index (κ2) is 7.31. The van der Waals surface area contributed by atoms with Gasteiger partial charge in [0.25, 0.3) is 5.91 Å². The molecule has 0 atom stereocenters. The van der Waals surface area contributed by atoms with Crippen molar-refractivity contribution in [2.75, 3.05) is 13.2 Å². The van der Waals surface area contributed by atoms with Gasteiger partial charge in [0, 0.05) is 29.8 Å². The van der Waals surface area contributed by atoms with Crippen molar-refractivity contribution in [2.24, 2.45) is 0 Å². The maximum absolute atomic E-state index is 11.6. The quantitative estimate of drug-likeness (QED) is 0.834. The molecule has 7 heteroatoms. The summed E-state index contributed by atoms with van der Waals surface area (Å²) < 4.78 is 6.21. The second-order valence-electron chi connectivity index (χ2n) is 4.00. The van der Waals surface area contributed by atoms with Crippen LogP contribution < -0.4 is 10.1 Å². The first-order valence-electron chi connectivity index (χ1n) is 5.98. The van der Waals surface area contributed by atoms with Crippen molar-refractivity contribution in [1.29, 1.82) is 0 Å². The van der Waals surface area contributed by atoms with Crippen LogP contribution in [0.5, 0.6) is 5.75 Å². The third-order valence-electron chi connectivity index (χ3n) is 2.49. The molecule has 106 valence electrons. The molecule has 0 aliphatic rings. The van der Waals surface area contributed by atoms with E-state index in [9.17, 15) is 4.79 Å². The van der Waals surface area contributed by atoms with Crippen LogP contribution >= 0.6 is 27.5 Å². The zero-order valence-electron chi connectivity index (χ0n) is 10.5. The van der Waals surface area contributed by atoms with Gasteiger partial charge in [0.2, 0.25) is 0 Å². The summed E-state index contributed by atoms with van der Waals surface area (Å²) >= 11 is 9.29. The first-order chi connectivity index (χ1) is 9.65. The van der Waals surface area contributed by atoms with Crippen LogP contribution in [0.25, 0.3) is 0 Å². The van der Waals surface area contributed by atoms with E-state index in [-0.39, 0.29) is 12.5 Å². The Morgan fingerprint density at radius 2 is 2.35 bits per heavy atom. The van der Waals surface area contributed by atoms with Crippen molar-refractivity contribution in [3.8, 4) is 5.75 Å². The van der Waals surface area contributed by atoms with Crippen molar-refractivity contribution in [3.05, 3.63) is 45.9 Å². The summed E-state index contributed by atoms with van der Waals surface area (Å²) in [7, 11) is 0. The number of aromatic nitrogens is 2. The fourth-order valence-electron chi connectivity index (χ4n) is 1.54. The van der Waals surface area contributed by atoms with E-state index >= 15 is 0 Å². The molecule has 0 aliphatic carbocycles. The smallest absolute Gasteiger partial charge is 0.257 e. The van der Waals surface area contributed by atoms with Crippen LogP contribution in [0.15, 0.2) is 35.1 Å². The summed E-state index contributed by atoms with van der Waals surface area (Å²) in [6.07, 6.45) is 4.07. The zero-order chi connectivity index (χ0) is 14.4. The summed E-state index contributed by atoms with van der Waals surface area (Å²) in [5.41, 5.74) is 0. The minimum absolute atomic E-state index is 0.0699. The molecule has 0 saturated heterocycles.